The molecule has 0 radical (unpaired) electrons. The summed E-state index contributed by atoms with van der Waals surface area (Å²) in [5.74, 6) is 0.732. The van der Waals surface area contributed by atoms with Crippen molar-refractivity contribution >= 4 is 10.9 Å². The van der Waals surface area contributed by atoms with E-state index in [0.29, 0.717) is 10.9 Å². The van der Waals surface area contributed by atoms with Crippen LogP contribution < -0.4 is 16.0 Å². The summed E-state index contributed by atoms with van der Waals surface area (Å²) < 4.78 is 6.36. The van der Waals surface area contributed by atoms with E-state index in [9.17, 15) is 9.59 Å². The molecule has 0 aliphatic carbocycles. The molecule has 3 rings (SSSR count). The van der Waals surface area contributed by atoms with Crippen molar-refractivity contribution in [3.63, 3.8) is 0 Å². The number of nitrogens with one attached hydrogen (secondary N) is 1. The maximum atomic E-state index is 12.6. The maximum absolute atomic E-state index is 12.6. The molecule has 5 nitrogen and oxygen atoms in total. The average molecular weight is 296 g/mol. The summed E-state index contributed by atoms with van der Waals surface area (Å²) >= 11 is 0. The van der Waals surface area contributed by atoms with E-state index in [0.717, 1.165) is 11.3 Å². The number of benzene rings is 2. The highest BCUT2D eigenvalue weighted by Gasteiger charge is 2.15. The number of hydrogen-bond acceptors (Lipinski definition) is 3. The molecule has 0 fully saturated rings. The molecule has 2 aromatic carbocycles. The van der Waals surface area contributed by atoms with E-state index in [1.165, 1.54) is 4.57 Å². The highest BCUT2D eigenvalue weighted by molar-refractivity contribution is 5.76. The Morgan fingerprint density at radius 3 is 2.41 bits per heavy atom. The van der Waals surface area contributed by atoms with Crippen LogP contribution in [0.15, 0.2) is 58.1 Å². The molecule has 0 saturated carbocycles. The van der Waals surface area contributed by atoms with E-state index in [4.69, 9.17) is 4.74 Å². The second-order valence-corrected chi connectivity index (χ2v) is 5.10. The molecule has 0 amide bonds. The van der Waals surface area contributed by atoms with Crippen molar-refractivity contribution in [3.05, 3.63) is 74.9 Å². The van der Waals surface area contributed by atoms with Crippen LogP contribution in [0.5, 0.6) is 5.75 Å². The number of nitrogens with zero attached hydrogens (tertiary/aromatic N) is 1. The zero-order valence-corrected chi connectivity index (χ0v) is 12.4. The van der Waals surface area contributed by atoms with Gasteiger partial charge in [0.2, 0.25) is 0 Å². The van der Waals surface area contributed by atoms with Crippen LogP contribution in [-0.2, 0) is 0 Å². The first-order chi connectivity index (χ1) is 10.6. The zero-order valence-electron chi connectivity index (χ0n) is 12.4. The largest absolute Gasteiger partial charge is 0.497 e. The first kappa shape index (κ1) is 14.1. The van der Waals surface area contributed by atoms with Gasteiger partial charge in [-0.1, -0.05) is 24.3 Å². The van der Waals surface area contributed by atoms with Gasteiger partial charge in [0.1, 0.15) is 5.75 Å². The summed E-state index contributed by atoms with van der Waals surface area (Å²) in [6.07, 6.45) is 0. The summed E-state index contributed by atoms with van der Waals surface area (Å²) in [5.41, 5.74) is 0.717. The van der Waals surface area contributed by atoms with Crippen LogP contribution in [0, 0.1) is 0 Å². The van der Waals surface area contributed by atoms with Gasteiger partial charge in [0, 0.05) is 0 Å². The van der Waals surface area contributed by atoms with Gasteiger partial charge in [0.15, 0.2) is 0 Å². The van der Waals surface area contributed by atoms with Crippen molar-refractivity contribution in [1.82, 2.24) is 9.55 Å². The van der Waals surface area contributed by atoms with Gasteiger partial charge in [-0.15, -0.1) is 0 Å². The second kappa shape index (κ2) is 5.52. The Morgan fingerprint density at radius 1 is 1.05 bits per heavy atom. The SMILES string of the molecule is COc1ccc(C(C)n2c(=O)[nH]c3ccccc3c2=O)cc1. The molecular formula is C17H16N2O3. The van der Waals surface area contributed by atoms with Crippen LogP contribution in [-0.4, -0.2) is 16.7 Å². The first-order valence-corrected chi connectivity index (χ1v) is 6.99. The number of ether oxygens (including phenoxy) is 1. The van der Waals surface area contributed by atoms with Gasteiger partial charge in [-0.3, -0.25) is 9.36 Å². The zero-order chi connectivity index (χ0) is 15.7. The molecule has 0 bridgehead atoms. The number of methoxy groups -OCH3 is 1. The van der Waals surface area contributed by atoms with Crippen LogP contribution >= 0.6 is 0 Å². The van der Waals surface area contributed by atoms with Crippen LogP contribution in [0.4, 0.5) is 0 Å². The van der Waals surface area contributed by atoms with Crippen molar-refractivity contribution < 1.29 is 4.74 Å². The smallest absolute Gasteiger partial charge is 0.329 e. The Bertz CT molecular complexity index is 923. The molecule has 1 atom stereocenters. The molecule has 0 saturated heterocycles. The van der Waals surface area contributed by atoms with E-state index in [-0.39, 0.29) is 11.6 Å². The Kier molecular flexibility index (Phi) is 3.55. The lowest BCUT2D eigenvalue weighted by Crippen LogP contribution is -2.37. The Morgan fingerprint density at radius 2 is 1.73 bits per heavy atom. The third-order valence-electron chi connectivity index (χ3n) is 3.82. The fourth-order valence-corrected chi connectivity index (χ4v) is 2.56. The predicted molar refractivity (Wildman–Crippen MR) is 85.6 cm³/mol. The summed E-state index contributed by atoms with van der Waals surface area (Å²) in [7, 11) is 1.59. The molecule has 1 unspecified atom stereocenters. The molecule has 1 heterocycles. The molecule has 3 aromatic rings. The van der Waals surface area contributed by atoms with E-state index in [1.54, 1.807) is 31.4 Å². The van der Waals surface area contributed by atoms with Gasteiger partial charge in [0.05, 0.1) is 24.1 Å². The van der Waals surface area contributed by atoms with Gasteiger partial charge in [-0.25, -0.2) is 4.79 Å². The third kappa shape index (κ3) is 2.30. The summed E-state index contributed by atoms with van der Waals surface area (Å²) in [4.78, 5) is 27.6. The Labute approximate surface area is 126 Å². The Balaban J connectivity index is 2.16. The summed E-state index contributed by atoms with van der Waals surface area (Å²) in [5, 5.41) is 0.502. The quantitative estimate of drug-likeness (QED) is 0.806. The van der Waals surface area contributed by atoms with Gasteiger partial charge in [-0.2, -0.15) is 0 Å². The minimum atomic E-state index is -0.410. The van der Waals surface area contributed by atoms with Crippen molar-refractivity contribution in [3.8, 4) is 5.75 Å². The lowest BCUT2D eigenvalue weighted by molar-refractivity contribution is 0.414. The summed E-state index contributed by atoms with van der Waals surface area (Å²) in [6.45, 7) is 1.83. The number of H-pyrrole nitrogens is 1. The van der Waals surface area contributed by atoms with E-state index >= 15 is 0 Å². The lowest BCUT2D eigenvalue weighted by atomic mass is 10.1. The van der Waals surface area contributed by atoms with Crippen LogP contribution in [0.3, 0.4) is 0 Å². The average Bonchev–Trinajstić information content (AvgIpc) is 2.55. The fraction of sp³-hybridized carbons (Fsp3) is 0.176. The number of hydrogen-bond donors (Lipinski definition) is 1. The molecule has 22 heavy (non-hydrogen) atoms. The van der Waals surface area contributed by atoms with Crippen molar-refractivity contribution in [2.24, 2.45) is 0 Å². The van der Waals surface area contributed by atoms with Crippen LogP contribution in [0.1, 0.15) is 18.5 Å². The van der Waals surface area contributed by atoms with Gasteiger partial charge in [-0.05, 0) is 36.8 Å². The number of aromatic nitrogens is 2. The van der Waals surface area contributed by atoms with Crippen molar-refractivity contribution in [1.29, 1.82) is 0 Å². The van der Waals surface area contributed by atoms with Crippen LogP contribution in [0.2, 0.25) is 0 Å². The maximum Gasteiger partial charge on any atom is 0.329 e. The standard InChI is InChI=1S/C17H16N2O3/c1-11(12-7-9-13(22-2)10-8-12)19-16(20)14-5-3-4-6-15(14)18-17(19)21/h3-11H,1-2H3,(H,18,21). The molecule has 0 aliphatic heterocycles. The topological polar surface area (TPSA) is 64.1 Å². The number of rotatable bonds is 3. The fourth-order valence-electron chi connectivity index (χ4n) is 2.56. The van der Waals surface area contributed by atoms with E-state index in [1.807, 2.05) is 31.2 Å². The first-order valence-electron chi connectivity index (χ1n) is 6.99. The molecular weight excluding hydrogens is 280 g/mol. The summed E-state index contributed by atoms with van der Waals surface area (Å²) in [6, 6.07) is 14.0. The normalized spacial score (nSPS) is 12.3. The van der Waals surface area contributed by atoms with E-state index in [2.05, 4.69) is 4.98 Å². The minimum Gasteiger partial charge on any atom is -0.497 e. The lowest BCUT2D eigenvalue weighted by Gasteiger charge is -2.15. The molecule has 112 valence electrons. The van der Waals surface area contributed by atoms with Gasteiger partial charge < -0.3 is 9.72 Å². The second-order valence-electron chi connectivity index (χ2n) is 5.10. The highest BCUT2D eigenvalue weighted by atomic mass is 16.5. The molecule has 1 aromatic heterocycles. The molecule has 5 heteroatoms. The predicted octanol–water partition coefficient (Wildman–Crippen LogP) is 2.31. The number of fused-ring (bicyclic) bond motifs is 1. The molecule has 1 N–H and O–H groups in total. The van der Waals surface area contributed by atoms with Crippen molar-refractivity contribution in [2.75, 3.05) is 7.11 Å². The Hall–Kier alpha value is -2.82. The van der Waals surface area contributed by atoms with Gasteiger partial charge >= 0.3 is 5.69 Å². The van der Waals surface area contributed by atoms with Gasteiger partial charge in [0.25, 0.3) is 5.56 Å². The van der Waals surface area contributed by atoms with E-state index < -0.39 is 5.69 Å². The third-order valence-corrected chi connectivity index (χ3v) is 3.82. The monoisotopic (exact) mass is 296 g/mol. The number of para-hydroxylation sites is 1. The van der Waals surface area contributed by atoms with Crippen molar-refractivity contribution in [2.45, 2.75) is 13.0 Å². The van der Waals surface area contributed by atoms with Crippen LogP contribution in [0.25, 0.3) is 10.9 Å². The minimum absolute atomic E-state index is 0.289. The highest BCUT2D eigenvalue weighted by Crippen LogP contribution is 2.19. The molecule has 0 spiro atoms. The molecule has 0 aliphatic rings. The number of aromatic amines is 1.